The Kier molecular flexibility index (Phi) is 27.6. The highest BCUT2D eigenvalue weighted by Crippen LogP contribution is 2.22. The minimum absolute atomic E-state index is 0.354. The Morgan fingerprint density at radius 3 is 1.42 bits per heavy atom. The van der Waals surface area contributed by atoms with E-state index in [1.807, 2.05) is 0 Å². The van der Waals surface area contributed by atoms with E-state index in [2.05, 4.69) is 38.1 Å². The number of aliphatic hydroxyl groups is 1. The van der Waals surface area contributed by atoms with Crippen molar-refractivity contribution in [1.29, 1.82) is 0 Å². The van der Waals surface area contributed by atoms with Gasteiger partial charge in [0.15, 0.2) is 0 Å². The van der Waals surface area contributed by atoms with Gasteiger partial charge in [-0.15, -0.1) is 0 Å². The molecule has 33 heavy (non-hydrogen) atoms. The van der Waals surface area contributed by atoms with Gasteiger partial charge in [-0.25, -0.2) is 0 Å². The van der Waals surface area contributed by atoms with Crippen LogP contribution in [0.2, 0.25) is 0 Å². The second-order valence-electron chi connectivity index (χ2n) is 10.8. The van der Waals surface area contributed by atoms with E-state index in [0.29, 0.717) is 6.61 Å². The highest BCUT2D eigenvalue weighted by Gasteiger charge is 2.09. The van der Waals surface area contributed by atoms with Crippen LogP contribution in [0.15, 0.2) is 12.2 Å². The minimum atomic E-state index is 0.354. The smallest absolute Gasteiger partial charge is 0.0431 e. The normalized spacial score (nSPS) is 12.9. The Labute approximate surface area is 210 Å². The van der Waals surface area contributed by atoms with Gasteiger partial charge in [0.25, 0.3) is 0 Å². The summed E-state index contributed by atoms with van der Waals surface area (Å²) in [7, 11) is 4.45. The molecular formula is C31H63NO. The first-order valence-electron chi connectivity index (χ1n) is 15.1. The number of rotatable bonds is 27. The second-order valence-corrected chi connectivity index (χ2v) is 10.8. The van der Waals surface area contributed by atoms with Crippen molar-refractivity contribution in [1.82, 2.24) is 4.90 Å². The molecule has 0 radical (unpaired) electrons. The SMILES string of the molecule is CCCCCCCCCC(CCCCCCCCC/C=C\CCCCCCO)CCN(C)C. The molecule has 1 atom stereocenters. The fraction of sp³-hybridized carbons (Fsp3) is 0.935. The third-order valence-electron chi connectivity index (χ3n) is 7.13. The van der Waals surface area contributed by atoms with Crippen LogP contribution in [0.3, 0.4) is 0 Å². The quantitative estimate of drug-likeness (QED) is 0.0963. The van der Waals surface area contributed by atoms with Crippen LogP contribution in [0.4, 0.5) is 0 Å². The summed E-state index contributed by atoms with van der Waals surface area (Å²) in [6.07, 6.45) is 36.4. The van der Waals surface area contributed by atoms with Crippen LogP contribution < -0.4 is 0 Å². The molecule has 2 heteroatoms. The lowest BCUT2D eigenvalue weighted by Crippen LogP contribution is -2.17. The Bertz CT molecular complexity index is 379. The van der Waals surface area contributed by atoms with Crippen LogP contribution >= 0.6 is 0 Å². The zero-order chi connectivity index (χ0) is 24.2. The number of hydrogen-bond donors (Lipinski definition) is 1. The van der Waals surface area contributed by atoms with Gasteiger partial charge in [0, 0.05) is 6.61 Å². The van der Waals surface area contributed by atoms with E-state index in [4.69, 9.17) is 5.11 Å². The summed E-state index contributed by atoms with van der Waals surface area (Å²) >= 11 is 0. The van der Waals surface area contributed by atoms with Crippen LogP contribution in [0, 0.1) is 5.92 Å². The summed E-state index contributed by atoms with van der Waals surface area (Å²) in [6, 6.07) is 0. The van der Waals surface area contributed by atoms with Gasteiger partial charge in [-0.1, -0.05) is 128 Å². The predicted octanol–water partition coefficient (Wildman–Crippen LogP) is 9.70. The van der Waals surface area contributed by atoms with Crippen LogP contribution in [0.25, 0.3) is 0 Å². The topological polar surface area (TPSA) is 23.5 Å². The summed E-state index contributed by atoms with van der Waals surface area (Å²) in [5.74, 6) is 0.963. The molecule has 0 amide bonds. The Balaban J connectivity index is 3.58. The number of nitrogens with zero attached hydrogens (tertiary/aromatic N) is 1. The van der Waals surface area contributed by atoms with Crippen molar-refractivity contribution < 1.29 is 5.11 Å². The maximum atomic E-state index is 8.78. The molecule has 1 unspecified atom stereocenters. The summed E-state index contributed by atoms with van der Waals surface area (Å²) in [4.78, 5) is 2.37. The number of unbranched alkanes of at least 4 members (excludes halogenated alkanes) is 17. The molecule has 2 nitrogen and oxygen atoms in total. The third-order valence-corrected chi connectivity index (χ3v) is 7.13. The number of hydrogen-bond acceptors (Lipinski definition) is 2. The van der Waals surface area contributed by atoms with Gasteiger partial charge < -0.3 is 10.0 Å². The van der Waals surface area contributed by atoms with E-state index in [9.17, 15) is 0 Å². The van der Waals surface area contributed by atoms with Crippen LogP contribution in [0.1, 0.15) is 155 Å². The molecule has 0 saturated carbocycles. The molecule has 0 heterocycles. The van der Waals surface area contributed by atoms with Crippen molar-refractivity contribution in [3.05, 3.63) is 12.2 Å². The van der Waals surface area contributed by atoms with Gasteiger partial charge >= 0.3 is 0 Å². The molecule has 1 N–H and O–H groups in total. The Hall–Kier alpha value is -0.340. The Morgan fingerprint density at radius 2 is 0.970 bits per heavy atom. The lowest BCUT2D eigenvalue weighted by atomic mass is 9.91. The van der Waals surface area contributed by atoms with E-state index in [-0.39, 0.29) is 0 Å². The predicted molar refractivity (Wildman–Crippen MR) is 150 cm³/mol. The molecule has 0 aliphatic rings. The minimum Gasteiger partial charge on any atom is -0.396 e. The molecule has 0 aliphatic heterocycles. The largest absolute Gasteiger partial charge is 0.396 e. The van der Waals surface area contributed by atoms with Crippen molar-refractivity contribution in [2.75, 3.05) is 27.2 Å². The van der Waals surface area contributed by atoms with Crippen LogP contribution in [-0.2, 0) is 0 Å². The number of aliphatic hydroxyl groups excluding tert-OH is 1. The van der Waals surface area contributed by atoms with Crippen molar-refractivity contribution >= 4 is 0 Å². The fourth-order valence-corrected chi connectivity index (χ4v) is 4.81. The maximum Gasteiger partial charge on any atom is 0.0431 e. The van der Waals surface area contributed by atoms with Crippen molar-refractivity contribution in [2.45, 2.75) is 155 Å². The summed E-state index contributed by atoms with van der Waals surface area (Å²) < 4.78 is 0. The first kappa shape index (κ1) is 32.7. The van der Waals surface area contributed by atoms with Gasteiger partial charge in [0.1, 0.15) is 0 Å². The molecule has 0 bridgehead atoms. The average Bonchev–Trinajstić information content (AvgIpc) is 2.81. The molecule has 0 aromatic heterocycles. The zero-order valence-corrected chi connectivity index (χ0v) is 23.3. The van der Waals surface area contributed by atoms with E-state index < -0.39 is 0 Å². The van der Waals surface area contributed by atoms with Gasteiger partial charge in [0.05, 0.1) is 0 Å². The molecule has 0 saturated heterocycles. The molecule has 0 aliphatic carbocycles. The van der Waals surface area contributed by atoms with E-state index in [1.54, 1.807) is 0 Å². The molecule has 0 aromatic rings. The molecule has 0 spiro atoms. The van der Waals surface area contributed by atoms with Gasteiger partial charge in [0.2, 0.25) is 0 Å². The van der Waals surface area contributed by atoms with Gasteiger partial charge in [-0.3, -0.25) is 0 Å². The Morgan fingerprint density at radius 1 is 0.545 bits per heavy atom. The molecule has 0 fully saturated rings. The summed E-state index contributed by atoms with van der Waals surface area (Å²) in [6.45, 7) is 3.92. The standard InChI is InChI=1S/C31H63NO/c1-4-5-6-7-17-20-23-26-31(28-29-32(2)3)27-24-21-18-15-13-11-9-8-10-12-14-16-19-22-25-30-33/h10,12,31,33H,4-9,11,13-30H2,1-3H3/b12-10-. The highest BCUT2D eigenvalue weighted by molar-refractivity contribution is 4.81. The number of allylic oxidation sites excluding steroid dienone is 2. The van der Waals surface area contributed by atoms with Crippen molar-refractivity contribution in [2.24, 2.45) is 5.92 Å². The highest BCUT2D eigenvalue weighted by atomic mass is 16.2. The summed E-state index contributed by atoms with van der Waals surface area (Å²) in [5, 5.41) is 8.78. The van der Waals surface area contributed by atoms with E-state index in [1.165, 1.54) is 148 Å². The average molecular weight is 466 g/mol. The van der Waals surface area contributed by atoms with Crippen LogP contribution in [-0.4, -0.2) is 37.3 Å². The van der Waals surface area contributed by atoms with E-state index >= 15 is 0 Å². The maximum absolute atomic E-state index is 8.78. The zero-order valence-electron chi connectivity index (χ0n) is 23.3. The third kappa shape index (κ3) is 27.8. The van der Waals surface area contributed by atoms with Crippen molar-refractivity contribution in [3.8, 4) is 0 Å². The first-order chi connectivity index (χ1) is 16.2. The fourth-order valence-electron chi connectivity index (χ4n) is 4.81. The van der Waals surface area contributed by atoms with Crippen LogP contribution in [0.5, 0.6) is 0 Å². The summed E-state index contributed by atoms with van der Waals surface area (Å²) in [5.41, 5.74) is 0. The first-order valence-corrected chi connectivity index (χ1v) is 15.1. The van der Waals surface area contributed by atoms with E-state index in [0.717, 1.165) is 12.3 Å². The molecule has 0 rings (SSSR count). The lowest BCUT2D eigenvalue weighted by molar-refractivity contribution is 0.282. The van der Waals surface area contributed by atoms with Gasteiger partial charge in [-0.2, -0.15) is 0 Å². The second kappa shape index (κ2) is 27.9. The molecule has 198 valence electrons. The van der Waals surface area contributed by atoms with Crippen molar-refractivity contribution in [3.63, 3.8) is 0 Å². The molecule has 0 aromatic carbocycles. The van der Waals surface area contributed by atoms with Gasteiger partial charge in [-0.05, 0) is 65.1 Å². The lowest BCUT2D eigenvalue weighted by Gasteiger charge is -2.19. The molecular weight excluding hydrogens is 402 g/mol. The monoisotopic (exact) mass is 465 g/mol.